The lowest BCUT2D eigenvalue weighted by Crippen LogP contribution is -2.05. The summed E-state index contributed by atoms with van der Waals surface area (Å²) >= 11 is 1.43. The van der Waals surface area contributed by atoms with Gasteiger partial charge in [-0.15, -0.1) is 11.3 Å². The molecule has 2 aromatic rings. The number of carbonyl (C=O) groups is 1. The standard InChI is InChI=1S/C12H12N2OS/c1-2-9-3-4-10(13-6-9)5-12(15)11-7-16-8-14-11/h3-4,6-8H,2,5H2,1H3. The molecule has 0 N–H and O–H groups in total. The molecule has 2 aromatic heterocycles. The largest absolute Gasteiger partial charge is 0.292 e. The summed E-state index contributed by atoms with van der Waals surface area (Å²) in [6.07, 6.45) is 3.12. The van der Waals surface area contributed by atoms with E-state index in [0.29, 0.717) is 12.1 Å². The average Bonchev–Trinajstić information content (AvgIpc) is 2.83. The predicted molar refractivity (Wildman–Crippen MR) is 63.8 cm³/mol. The van der Waals surface area contributed by atoms with E-state index < -0.39 is 0 Å². The van der Waals surface area contributed by atoms with Crippen LogP contribution in [0.25, 0.3) is 0 Å². The van der Waals surface area contributed by atoms with Crippen molar-refractivity contribution in [2.45, 2.75) is 19.8 Å². The smallest absolute Gasteiger partial charge is 0.187 e. The van der Waals surface area contributed by atoms with Gasteiger partial charge in [-0.25, -0.2) is 4.98 Å². The molecule has 0 saturated heterocycles. The van der Waals surface area contributed by atoms with Crippen molar-refractivity contribution in [1.82, 2.24) is 9.97 Å². The van der Waals surface area contributed by atoms with Crippen LogP contribution in [0.5, 0.6) is 0 Å². The highest BCUT2D eigenvalue weighted by atomic mass is 32.1. The summed E-state index contributed by atoms with van der Waals surface area (Å²) in [6.45, 7) is 2.08. The summed E-state index contributed by atoms with van der Waals surface area (Å²) in [5.41, 5.74) is 4.19. The van der Waals surface area contributed by atoms with Gasteiger partial charge in [0.1, 0.15) is 5.69 Å². The van der Waals surface area contributed by atoms with Crippen LogP contribution in [-0.4, -0.2) is 15.8 Å². The average molecular weight is 232 g/mol. The third-order valence-electron chi connectivity index (χ3n) is 2.35. The fourth-order valence-electron chi connectivity index (χ4n) is 1.37. The van der Waals surface area contributed by atoms with Crippen LogP contribution >= 0.6 is 11.3 Å². The Kier molecular flexibility index (Phi) is 3.41. The van der Waals surface area contributed by atoms with E-state index >= 15 is 0 Å². The predicted octanol–water partition coefficient (Wildman–Crippen LogP) is 2.53. The summed E-state index contributed by atoms with van der Waals surface area (Å²) < 4.78 is 0. The fraction of sp³-hybridized carbons (Fsp3) is 0.250. The number of thiazole rings is 1. The Morgan fingerprint density at radius 3 is 2.81 bits per heavy atom. The molecule has 0 fully saturated rings. The molecule has 0 aliphatic carbocycles. The minimum Gasteiger partial charge on any atom is -0.292 e. The van der Waals surface area contributed by atoms with Gasteiger partial charge in [-0.2, -0.15) is 0 Å². The molecular weight excluding hydrogens is 220 g/mol. The summed E-state index contributed by atoms with van der Waals surface area (Å²) in [7, 11) is 0. The maximum absolute atomic E-state index is 11.7. The lowest BCUT2D eigenvalue weighted by atomic mass is 10.1. The zero-order valence-electron chi connectivity index (χ0n) is 9.01. The van der Waals surface area contributed by atoms with Crippen molar-refractivity contribution in [1.29, 1.82) is 0 Å². The second kappa shape index (κ2) is 4.99. The van der Waals surface area contributed by atoms with Crippen LogP contribution < -0.4 is 0 Å². The maximum atomic E-state index is 11.7. The second-order valence-electron chi connectivity index (χ2n) is 3.48. The monoisotopic (exact) mass is 232 g/mol. The number of hydrogen-bond acceptors (Lipinski definition) is 4. The first kappa shape index (κ1) is 11.0. The van der Waals surface area contributed by atoms with E-state index in [2.05, 4.69) is 16.9 Å². The molecule has 0 aliphatic rings. The van der Waals surface area contributed by atoms with Crippen LogP contribution in [0.2, 0.25) is 0 Å². The number of nitrogens with zero attached hydrogens (tertiary/aromatic N) is 2. The van der Waals surface area contributed by atoms with Crippen molar-refractivity contribution in [3.63, 3.8) is 0 Å². The highest BCUT2D eigenvalue weighted by Crippen LogP contribution is 2.07. The molecule has 0 aromatic carbocycles. The molecule has 3 nitrogen and oxygen atoms in total. The van der Waals surface area contributed by atoms with Crippen LogP contribution in [0.1, 0.15) is 28.7 Å². The molecule has 2 heterocycles. The molecule has 0 bridgehead atoms. The first-order valence-electron chi connectivity index (χ1n) is 5.14. The first-order valence-corrected chi connectivity index (χ1v) is 6.09. The number of Topliss-reactive ketones (excluding diaryl/α,β-unsaturated/α-hetero) is 1. The lowest BCUT2D eigenvalue weighted by molar-refractivity contribution is 0.0988. The van der Waals surface area contributed by atoms with Gasteiger partial charge in [0.15, 0.2) is 5.78 Å². The number of rotatable bonds is 4. The SMILES string of the molecule is CCc1ccc(CC(=O)c2cscn2)nc1. The molecular formula is C12H12N2OS. The Hall–Kier alpha value is -1.55. The third kappa shape index (κ3) is 2.52. The molecule has 2 rings (SSSR count). The maximum Gasteiger partial charge on any atom is 0.187 e. The Labute approximate surface area is 98.2 Å². The van der Waals surface area contributed by atoms with E-state index in [1.807, 2.05) is 18.3 Å². The molecule has 0 atom stereocenters. The highest BCUT2D eigenvalue weighted by molar-refractivity contribution is 7.07. The zero-order valence-corrected chi connectivity index (χ0v) is 9.83. The topological polar surface area (TPSA) is 42.9 Å². The summed E-state index contributed by atoms with van der Waals surface area (Å²) in [5, 5.41) is 1.77. The molecule has 0 spiro atoms. The fourth-order valence-corrected chi connectivity index (χ4v) is 1.93. The minimum atomic E-state index is 0.0259. The van der Waals surface area contributed by atoms with E-state index in [1.165, 1.54) is 16.9 Å². The van der Waals surface area contributed by atoms with Gasteiger partial charge in [0.25, 0.3) is 0 Å². The van der Waals surface area contributed by atoms with Gasteiger partial charge in [-0.3, -0.25) is 9.78 Å². The normalized spacial score (nSPS) is 10.3. The highest BCUT2D eigenvalue weighted by Gasteiger charge is 2.09. The van der Waals surface area contributed by atoms with Crippen LogP contribution in [0.15, 0.2) is 29.2 Å². The van der Waals surface area contributed by atoms with Gasteiger partial charge >= 0.3 is 0 Å². The quantitative estimate of drug-likeness (QED) is 0.761. The van der Waals surface area contributed by atoms with Crippen molar-refractivity contribution in [3.8, 4) is 0 Å². The van der Waals surface area contributed by atoms with E-state index in [0.717, 1.165) is 12.1 Å². The van der Waals surface area contributed by atoms with Crippen molar-refractivity contribution in [2.75, 3.05) is 0 Å². The zero-order chi connectivity index (χ0) is 11.4. The van der Waals surface area contributed by atoms with Crippen molar-refractivity contribution < 1.29 is 4.79 Å². The minimum absolute atomic E-state index is 0.0259. The molecule has 4 heteroatoms. The van der Waals surface area contributed by atoms with Gasteiger partial charge in [0.05, 0.1) is 11.9 Å². The molecule has 0 unspecified atom stereocenters. The number of ketones is 1. The first-order chi connectivity index (χ1) is 7.79. The molecule has 0 saturated carbocycles. The Balaban J connectivity index is 2.06. The molecule has 0 radical (unpaired) electrons. The van der Waals surface area contributed by atoms with Crippen molar-refractivity contribution in [3.05, 3.63) is 46.2 Å². The van der Waals surface area contributed by atoms with Crippen molar-refractivity contribution in [2.24, 2.45) is 0 Å². The van der Waals surface area contributed by atoms with Gasteiger partial charge in [-0.05, 0) is 18.1 Å². The molecule has 16 heavy (non-hydrogen) atoms. The number of aryl methyl sites for hydroxylation is 1. The molecule has 82 valence electrons. The molecule has 0 aliphatic heterocycles. The van der Waals surface area contributed by atoms with Crippen LogP contribution in [0, 0.1) is 0 Å². The van der Waals surface area contributed by atoms with Crippen LogP contribution in [0.3, 0.4) is 0 Å². The number of carbonyl (C=O) groups excluding carboxylic acids is 1. The van der Waals surface area contributed by atoms with Gasteiger partial charge < -0.3 is 0 Å². The Morgan fingerprint density at radius 1 is 1.38 bits per heavy atom. The van der Waals surface area contributed by atoms with Gasteiger partial charge in [0, 0.05) is 17.3 Å². The van der Waals surface area contributed by atoms with Crippen LogP contribution in [0.4, 0.5) is 0 Å². The number of hydrogen-bond donors (Lipinski definition) is 0. The summed E-state index contributed by atoms with van der Waals surface area (Å²) in [6, 6.07) is 3.92. The van der Waals surface area contributed by atoms with E-state index in [-0.39, 0.29) is 5.78 Å². The third-order valence-corrected chi connectivity index (χ3v) is 2.94. The van der Waals surface area contributed by atoms with E-state index in [4.69, 9.17) is 0 Å². The lowest BCUT2D eigenvalue weighted by Gasteiger charge is -1.99. The number of pyridine rings is 1. The summed E-state index contributed by atoms with van der Waals surface area (Å²) in [4.78, 5) is 20.0. The van der Waals surface area contributed by atoms with E-state index in [1.54, 1.807) is 10.9 Å². The van der Waals surface area contributed by atoms with E-state index in [9.17, 15) is 4.79 Å². The number of aromatic nitrogens is 2. The summed E-state index contributed by atoms with van der Waals surface area (Å²) in [5.74, 6) is 0.0259. The second-order valence-corrected chi connectivity index (χ2v) is 4.20. The Morgan fingerprint density at radius 2 is 2.25 bits per heavy atom. The van der Waals surface area contributed by atoms with Crippen molar-refractivity contribution >= 4 is 17.1 Å². The van der Waals surface area contributed by atoms with Gasteiger partial charge in [-0.1, -0.05) is 13.0 Å². The molecule has 0 amide bonds. The van der Waals surface area contributed by atoms with Gasteiger partial charge in [0.2, 0.25) is 0 Å². The van der Waals surface area contributed by atoms with Crippen LogP contribution in [-0.2, 0) is 12.8 Å². The Bertz CT molecular complexity index is 462.